The van der Waals surface area contributed by atoms with Gasteiger partial charge in [0.15, 0.2) is 37.7 Å². The molecule has 440 valence electrons. The van der Waals surface area contributed by atoms with E-state index in [9.17, 15) is 101 Å². The minimum Gasteiger partial charge on any atom is -0.394 e. The van der Waals surface area contributed by atoms with E-state index < -0.39 is 241 Å². The molecule has 0 aromatic heterocycles. The highest BCUT2D eigenvalue weighted by Crippen LogP contribution is 2.36. The molecule has 6 fully saturated rings. The third-order valence-electron chi connectivity index (χ3n) is 13.6. The van der Waals surface area contributed by atoms with E-state index in [0.29, 0.717) is 0 Å². The average Bonchev–Trinajstić information content (AvgIpc) is 3.37. The average molecular weight is 1110 g/mol. The second-order valence-corrected chi connectivity index (χ2v) is 19.0. The van der Waals surface area contributed by atoms with Gasteiger partial charge in [0.25, 0.3) is 0 Å². The van der Waals surface area contributed by atoms with E-state index in [0.717, 1.165) is 20.8 Å². The van der Waals surface area contributed by atoms with Crippen LogP contribution in [0.5, 0.6) is 0 Å². The number of aliphatic hydroxyl groups is 17. The van der Waals surface area contributed by atoms with Gasteiger partial charge in [-0.1, -0.05) is 0 Å². The highest BCUT2D eigenvalue weighted by atomic mass is 16.8. The summed E-state index contributed by atoms with van der Waals surface area (Å²) in [6.07, 6.45) is -50.3. The number of ether oxygens (including phenoxy) is 11. The standard InChI is InChI=1S/C42H71N3O31/c1-10(51)43-19-25(57)33(15(6-48)67-37(19)65)73-38-20(44-11(2)52)26(58)35(16(7-49)70-38)75-41-32(64)29(61)24(56)18(72-41)9-66-42-36(30(62)23(55)14(5-47)69-42)76-39-21(45-12(3)53)27(59)34(17(8-50)71-39)74-40-31(63)28(60)22(54)13(4-46)68-40/h13-42,46-50,54-65H,4-9H2,1-3H3,(H,43,51)(H,44,52)(H,45,53)/t13-,14-,15-,16-,17-,18-,19-,20-,21-,22+,23-,24-,25-,26-,27-,28+,29+,30+,31-,32+,33-,34-,35-,36+,37?,38+,39+,40+,41+,42+/m1/s1. The first-order chi connectivity index (χ1) is 35.9. The first-order valence-corrected chi connectivity index (χ1v) is 24.1. The molecule has 6 rings (SSSR count). The molecule has 76 heavy (non-hydrogen) atoms. The molecule has 0 bridgehead atoms. The second kappa shape index (κ2) is 27.2. The number of aliphatic hydroxyl groups excluding tert-OH is 17. The van der Waals surface area contributed by atoms with Crippen molar-refractivity contribution in [2.45, 2.75) is 205 Å². The van der Waals surface area contributed by atoms with Crippen LogP contribution >= 0.6 is 0 Å². The Bertz CT molecular complexity index is 1870. The number of hydrogen-bond acceptors (Lipinski definition) is 31. The third-order valence-corrected chi connectivity index (χ3v) is 13.6. The van der Waals surface area contributed by atoms with Crippen molar-refractivity contribution in [3.05, 3.63) is 0 Å². The summed E-state index contributed by atoms with van der Waals surface area (Å²) in [5.41, 5.74) is 0. The summed E-state index contributed by atoms with van der Waals surface area (Å²) in [4.78, 5) is 36.8. The van der Waals surface area contributed by atoms with E-state index in [1.165, 1.54) is 0 Å². The van der Waals surface area contributed by atoms with E-state index in [1.807, 2.05) is 0 Å². The normalized spacial score (nSPS) is 48.2. The van der Waals surface area contributed by atoms with Gasteiger partial charge in [0.05, 0.1) is 39.6 Å². The lowest BCUT2D eigenvalue weighted by atomic mass is 9.94. The fraction of sp³-hybridized carbons (Fsp3) is 0.929. The number of amides is 3. The maximum atomic E-state index is 12.5. The summed E-state index contributed by atoms with van der Waals surface area (Å²) in [6.45, 7) is -2.49. The monoisotopic (exact) mass is 1110 g/mol. The Morgan fingerprint density at radius 3 is 1.08 bits per heavy atom. The van der Waals surface area contributed by atoms with Gasteiger partial charge in [0.1, 0.15) is 146 Å². The number of carbonyl (C=O) groups excluding carboxylic acids is 3. The minimum absolute atomic E-state index is 0.702. The van der Waals surface area contributed by atoms with Crippen LogP contribution in [-0.2, 0) is 66.5 Å². The molecule has 1 unspecified atom stereocenters. The smallest absolute Gasteiger partial charge is 0.217 e. The number of rotatable bonds is 19. The number of carbonyl (C=O) groups is 3. The first-order valence-electron chi connectivity index (χ1n) is 24.1. The van der Waals surface area contributed by atoms with Gasteiger partial charge in [-0.3, -0.25) is 14.4 Å². The molecule has 0 saturated carbocycles. The Morgan fingerprint density at radius 2 is 0.658 bits per heavy atom. The zero-order chi connectivity index (χ0) is 56.2. The fourth-order valence-corrected chi connectivity index (χ4v) is 9.61. The lowest BCUT2D eigenvalue weighted by Crippen LogP contribution is -2.70. The third kappa shape index (κ3) is 13.7. The predicted molar refractivity (Wildman–Crippen MR) is 234 cm³/mol. The molecular weight excluding hydrogens is 1040 g/mol. The molecule has 0 spiro atoms. The molecule has 0 radical (unpaired) electrons. The molecule has 6 aliphatic rings. The SMILES string of the molecule is CC(=O)N[C@H]1[C@H](O[C@H]2[C@H](O)[C@@H](NC(C)=O)C(O)O[C@@H]2CO)O[C@H](CO)[C@@H](O[C@@H]2O[C@H](CO[C@H]3O[C@H](CO)[C@@H](O)[C@H](O)[C@@H]3O[C@@H]3O[C@H](CO)[C@@H](O[C@@H]4O[C@H](CO)[C@H](O)[C@H](O)[C@H]4O)[C@H](O)[C@H]3NC(C)=O)[C@@H](O)[C@H](O)[C@@H]2O)[C@@H]1O. The van der Waals surface area contributed by atoms with E-state index in [2.05, 4.69) is 16.0 Å². The van der Waals surface area contributed by atoms with E-state index in [4.69, 9.17) is 52.1 Å². The summed E-state index contributed by atoms with van der Waals surface area (Å²) >= 11 is 0. The maximum Gasteiger partial charge on any atom is 0.217 e. The lowest BCUT2D eigenvalue weighted by Gasteiger charge is -2.50. The first kappa shape index (κ1) is 62.5. The Kier molecular flexibility index (Phi) is 22.3. The topological polar surface area (TPSA) is 533 Å². The zero-order valence-electron chi connectivity index (χ0n) is 40.9. The molecule has 34 heteroatoms. The van der Waals surface area contributed by atoms with Gasteiger partial charge >= 0.3 is 0 Å². The van der Waals surface area contributed by atoms with Crippen LogP contribution in [0.1, 0.15) is 20.8 Å². The molecule has 20 N–H and O–H groups in total. The summed E-state index contributed by atoms with van der Waals surface area (Å²) in [5.74, 6) is -2.33. The van der Waals surface area contributed by atoms with Gasteiger partial charge in [0, 0.05) is 20.8 Å². The molecule has 6 saturated heterocycles. The van der Waals surface area contributed by atoms with Crippen molar-refractivity contribution in [3.8, 4) is 0 Å². The summed E-state index contributed by atoms with van der Waals surface area (Å²) < 4.78 is 63.2. The molecule has 3 amide bonds. The van der Waals surface area contributed by atoms with Gasteiger partial charge in [-0.15, -0.1) is 0 Å². The Hall–Kier alpha value is -2.71. The molecule has 6 heterocycles. The summed E-state index contributed by atoms with van der Waals surface area (Å²) in [7, 11) is 0. The summed E-state index contributed by atoms with van der Waals surface area (Å²) in [5, 5.41) is 189. The van der Waals surface area contributed by atoms with Crippen LogP contribution in [0, 0.1) is 0 Å². The van der Waals surface area contributed by atoms with Crippen molar-refractivity contribution in [2.24, 2.45) is 0 Å². The Morgan fingerprint density at radius 1 is 0.342 bits per heavy atom. The van der Waals surface area contributed by atoms with Gasteiger partial charge in [-0.25, -0.2) is 0 Å². The summed E-state index contributed by atoms with van der Waals surface area (Å²) in [6, 6.07) is -4.94. The number of hydrogen-bond donors (Lipinski definition) is 20. The highest BCUT2D eigenvalue weighted by molar-refractivity contribution is 5.74. The van der Waals surface area contributed by atoms with Crippen molar-refractivity contribution < 1.29 is 153 Å². The predicted octanol–water partition coefficient (Wildman–Crippen LogP) is -13.7. The van der Waals surface area contributed by atoms with Crippen molar-refractivity contribution in [1.82, 2.24) is 16.0 Å². The van der Waals surface area contributed by atoms with E-state index in [-0.39, 0.29) is 0 Å². The second-order valence-electron chi connectivity index (χ2n) is 19.0. The van der Waals surface area contributed by atoms with Crippen molar-refractivity contribution >= 4 is 17.7 Å². The lowest BCUT2D eigenvalue weighted by molar-refractivity contribution is -0.379. The molecular formula is C42H71N3O31. The molecule has 6 aliphatic heterocycles. The van der Waals surface area contributed by atoms with Crippen LogP contribution in [0.25, 0.3) is 0 Å². The van der Waals surface area contributed by atoms with Gasteiger partial charge in [0.2, 0.25) is 17.7 Å². The molecule has 34 nitrogen and oxygen atoms in total. The molecule has 30 atom stereocenters. The van der Waals surface area contributed by atoms with Crippen LogP contribution in [0.2, 0.25) is 0 Å². The Labute approximate surface area is 431 Å². The van der Waals surface area contributed by atoms with Gasteiger partial charge in [-0.05, 0) is 0 Å². The molecule has 0 aliphatic carbocycles. The van der Waals surface area contributed by atoms with Crippen molar-refractivity contribution in [3.63, 3.8) is 0 Å². The fourth-order valence-electron chi connectivity index (χ4n) is 9.61. The van der Waals surface area contributed by atoms with Crippen LogP contribution < -0.4 is 16.0 Å². The van der Waals surface area contributed by atoms with Crippen LogP contribution in [0.15, 0.2) is 0 Å². The Balaban J connectivity index is 1.19. The molecule has 0 aromatic rings. The van der Waals surface area contributed by atoms with Gasteiger partial charge < -0.3 is 155 Å². The van der Waals surface area contributed by atoms with Crippen molar-refractivity contribution in [1.29, 1.82) is 0 Å². The minimum atomic E-state index is -2.16. The van der Waals surface area contributed by atoms with Crippen LogP contribution in [0.4, 0.5) is 0 Å². The number of nitrogens with one attached hydrogen (secondary N) is 3. The van der Waals surface area contributed by atoms with Gasteiger partial charge in [-0.2, -0.15) is 0 Å². The van der Waals surface area contributed by atoms with Crippen LogP contribution in [-0.4, -0.2) is 328 Å². The highest BCUT2D eigenvalue weighted by Gasteiger charge is 2.57. The largest absolute Gasteiger partial charge is 0.394 e. The van der Waals surface area contributed by atoms with Crippen LogP contribution in [0.3, 0.4) is 0 Å². The van der Waals surface area contributed by atoms with E-state index in [1.54, 1.807) is 0 Å². The quantitative estimate of drug-likeness (QED) is 0.0571. The molecule has 0 aromatic carbocycles. The van der Waals surface area contributed by atoms with Crippen molar-refractivity contribution in [2.75, 3.05) is 39.6 Å². The maximum absolute atomic E-state index is 12.5. The van der Waals surface area contributed by atoms with E-state index >= 15 is 0 Å². The zero-order valence-corrected chi connectivity index (χ0v) is 40.9.